The van der Waals surface area contributed by atoms with Gasteiger partial charge in [-0.05, 0) is 33.0 Å². The first kappa shape index (κ1) is 11.5. The van der Waals surface area contributed by atoms with Crippen LogP contribution in [0.1, 0.15) is 24.6 Å². The molecule has 1 aliphatic heterocycles. The fraction of sp³-hybridized carbons (Fsp3) is 0.818. The van der Waals surface area contributed by atoms with Crippen molar-refractivity contribution in [3.05, 3.63) is 12.2 Å². The fourth-order valence-electron chi connectivity index (χ4n) is 2.21. The zero-order valence-corrected chi connectivity index (χ0v) is 10.1. The number of hydrogen-bond donors (Lipinski definition) is 0. The minimum Gasteiger partial charge on any atom is -0.383 e. The number of methoxy groups -OCH3 is 1. The average molecular weight is 224 g/mol. The van der Waals surface area contributed by atoms with Crippen LogP contribution < -0.4 is 0 Å². The van der Waals surface area contributed by atoms with Gasteiger partial charge in [-0.1, -0.05) is 0 Å². The number of ether oxygens (including phenoxy) is 1. The third-order valence-corrected chi connectivity index (χ3v) is 3.27. The molecule has 2 rings (SSSR count). The van der Waals surface area contributed by atoms with Crippen molar-refractivity contribution in [3.8, 4) is 0 Å². The van der Waals surface area contributed by atoms with Gasteiger partial charge < -0.3 is 14.2 Å². The highest BCUT2D eigenvalue weighted by molar-refractivity contribution is 4.98. The van der Waals surface area contributed by atoms with E-state index in [0.717, 1.165) is 32.1 Å². The molecule has 1 saturated heterocycles. The SMILES string of the molecule is COCCn1cnnc1C1CCN(C)CC1. The lowest BCUT2D eigenvalue weighted by Crippen LogP contribution is -2.30. The van der Waals surface area contributed by atoms with Crippen molar-refractivity contribution in [1.29, 1.82) is 0 Å². The van der Waals surface area contributed by atoms with E-state index in [1.165, 1.54) is 12.8 Å². The average Bonchev–Trinajstić information content (AvgIpc) is 2.75. The van der Waals surface area contributed by atoms with Gasteiger partial charge in [0.05, 0.1) is 6.61 Å². The number of likely N-dealkylation sites (tertiary alicyclic amines) is 1. The molecule has 16 heavy (non-hydrogen) atoms. The molecule has 0 unspecified atom stereocenters. The molecule has 1 aromatic rings. The molecule has 1 fully saturated rings. The molecule has 0 aliphatic carbocycles. The monoisotopic (exact) mass is 224 g/mol. The van der Waals surface area contributed by atoms with Crippen LogP contribution in [0.25, 0.3) is 0 Å². The molecular weight excluding hydrogens is 204 g/mol. The predicted octanol–water partition coefficient (Wildman–Crippen LogP) is 0.734. The zero-order chi connectivity index (χ0) is 11.4. The lowest BCUT2D eigenvalue weighted by atomic mass is 9.96. The summed E-state index contributed by atoms with van der Waals surface area (Å²) in [6.45, 7) is 3.88. The van der Waals surface area contributed by atoms with Crippen LogP contribution >= 0.6 is 0 Å². The summed E-state index contributed by atoms with van der Waals surface area (Å²) >= 11 is 0. The van der Waals surface area contributed by atoms with Crippen LogP contribution in [0.4, 0.5) is 0 Å². The lowest BCUT2D eigenvalue weighted by Gasteiger charge is -2.28. The minimum atomic E-state index is 0.565. The summed E-state index contributed by atoms with van der Waals surface area (Å²) in [7, 11) is 3.89. The number of rotatable bonds is 4. The first-order chi connectivity index (χ1) is 7.81. The quantitative estimate of drug-likeness (QED) is 0.756. The number of nitrogens with zero attached hydrogens (tertiary/aromatic N) is 4. The second-order valence-electron chi connectivity index (χ2n) is 4.45. The standard InChI is InChI=1S/C11H20N4O/c1-14-5-3-10(4-6-14)11-13-12-9-15(11)7-8-16-2/h9-10H,3-8H2,1-2H3. The van der Waals surface area contributed by atoms with Crippen LogP contribution in [0.15, 0.2) is 6.33 Å². The van der Waals surface area contributed by atoms with E-state index in [4.69, 9.17) is 4.74 Å². The molecule has 2 heterocycles. The molecule has 1 aliphatic rings. The Bertz CT molecular complexity index is 318. The topological polar surface area (TPSA) is 43.2 Å². The normalized spacial score (nSPS) is 19.1. The smallest absolute Gasteiger partial charge is 0.136 e. The Hall–Kier alpha value is -0.940. The highest BCUT2D eigenvalue weighted by Crippen LogP contribution is 2.25. The third-order valence-electron chi connectivity index (χ3n) is 3.27. The highest BCUT2D eigenvalue weighted by atomic mass is 16.5. The van der Waals surface area contributed by atoms with Gasteiger partial charge in [0.15, 0.2) is 0 Å². The van der Waals surface area contributed by atoms with Gasteiger partial charge in [-0.15, -0.1) is 10.2 Å². The maximum absolute atomic E-state index is 5.09. The number of piperidine rings is 1. The Morgan fingerprint density at radius 2 is 2.19 bits per heavy atom. The lowest BCUT2D eigenvalue weighted by molar-refractivity contribution is 0.184. The van der Waals surface area contributed by atoms with Crippen LogP contribution in [0, 0.1) is 0 Å². The van der Waals surface area contributed by atoms with Crippen LogP contribution in [0.3, 0.4) is 0 Å². The van der Waals surface area contributed by atoms with E-state index in [9.17, 15) is 0 Å². The van der Waals surface area contributed by atoms with Gasteiger partial charge in [0.2, 0.25) is 0 Å². The Labute approximate surface area is 96.4 Å². The summed E-state index contributed by atoms with van der Waals surface area (Å²) in [6.07, 6.45) is 4.18. The molecule has 1 aromatic heterocycles. The van der Waals surface area contributed by atoms with E-state index in [-0.39, 0.29) is 0 Å². The summed E-state index contributed by atoms with van der Waals surface area (Å²) in [5, 5.41) is 8.27. The number of hydrogen-bond acceptors (Lipinski definition) is 4. The molecule has 5 heteroatoms. The van der Waals surface area contributed by atoms with E-state index in [1.54, 1.807) is 7.11 Å². The Kier molecular flexibility index (Phi) is 3.90. The summed E-state index contributed by atoms with van der Waals surface area (Å²) in [6, 6.07) is 0. The molecule has 90 valence electrons. The van der Waals surface area contributed by atoms with E-state index >= 15 is 0 Å². The Balaban J connectivity index is 1.99. The summed E-state index contributed by atoms with van der Waals surface area (Å²) < 4.78 is 7.21. The molecule has 0 radical (unpaired) electrons. The molecule has 0 atom stereocenters. The minimum absolute atomic E-state index is 0.565. The van der Waals surface area contributed by atoms with Crippen molar-refractivity contribution >= 4 is 0 Å². The van der Waals surface area contributed by atoms with E-state index < -0.39 is 0 Å². The largest absolute Gasteiger partial charge is 0.383 e. The second-order valence-corrected chi connectivity index (χ2v) is 4.45. The van der Waals surface area contributed by atoms with Crippen LogP contribution in [-0.2, 0) is 11.3 Å². The zero-order valence-electron chi connectivity index (χ0n) is 10.1. The maximum Gasteiger partial charge on any atom is 0.136 e. The van der Waals surface area contributed by atoms with Gasteiger partial charge in [0.25, 0.3) is 0 Å². The number of aromatic nitrogens is 3. The molecule has 0 aromatic carbocycles. The van der Waals surface area contributed by atoms with E-state index in [0.29, 0.717) is 5.92 Å². The van der Waals surface area contributed by atoms with Gasteiger partial charge in [0, 0.05) is 19.6 Å². The van der Waals surface area contributed by atoms with Crippen molar-refractivity contribution in [2.24, 2.45) is 0 Å². The van der Waals surface area contributed by atoms with Crippen molar-refractivity contribution in [2.75, 3.05) is 33.9 Å². The molecule has 0 saturated carbocycles. The van der Waals surface area contributed by atoms with Gasteiger partial charge >= 0.3 is 0 Å². The van der Waals surface area contributed by atoms with Gasteiger partial charge in [-0.25, -0.2) is 0 Å². The molecule has 0 bridgehead atoms. The molecular formula is C11H20N4O. The first-order valence-electron chi connectivity index (χ1n) is 5.86. The summed E-state index contributed by atoms with van der Waals surface area (Å²) in [5.41, 5.74) is 0. The molecule has 5 nitrogen and oxygen atoms in total. The van der Waals surface area contributed by atoms with Crippen molar-refractivity contribution in [3.63, 3.8) is 0 Å². The molecule has 0 amide bonds. The predicted molar refractivity (Wildman–Crippen MR) is 61.4 cm³/mol. The highest BCUT2D eigenvalue weighted by Gasteiger charge is 2.22. The second kappa shape index (κ2) is 5.41. The van der Waals surface area contributed by atoms with Gasteiger partial charge in [-0.3, -0.25) is 0 Å². The third kappa shape index (κ3) is 2.59. The van der Waals surface area contributed by atoms with Gasteiger partial charge in [-0.2, -0.15) is 0 Å². The Morgan fingerprint density at radius 3 is 2.88 bits per heavy atom. The van der Waals surface area contributed by atoms with Crippen molar-refractivity contribution in [2.45, 2.75) is 25.3 Å². The van der Waals surface area contributed by atoms with E-state index in [1.807, 2.05) is 6.33 Å². The fourth-order valence-corrected chi connectivity index (χ4v) is 2.21. The van der Waals surface area contributed by atoms with Gasteiger partial charge in [0.1, 0.15) is 12.2 Å². The maximum atomic E-state index is 5.09. The Morgan fingerprint density at radius 1 is 1.44 bits per heavy atom. The van der Waals surface area contributed by atoms with Crippen LogP contribution in [-0.4, -0.2) is 53.5 Å². The summed E-state index contributed by atoms with van der Waals surface area (Å²) in [5.74, 6) is 1.70. The molecule has 0 N–H and O–H groups in total. The van der Waals surface area contributed by atoms with E-state index in [2.05, 4.69) is 26.7 Å². The summed E-state index contributed by atoms with van der Waals surface area (Å²) in [4.78, 5) is 2.37. The van der Waals surface area contributed by atoms with Crippen molar-refractivity contribution in [1.82, 2.24) is 19.7 Å². The molecule has 0 spiro atoms. The van der Waals surface area contributed by atoms with Crippen LogP contribution in [0.5, 0.6) is 0 Å². The first-order valence-corrected chi connectivity index (χ1v) is 5.86. The van der Waals surface area contributed by atoms with Crippen LogP contribution in [0.2, 0.25) is 0 Å². The van der Waals surface area contributed by atoms with Crippen molar-refractivity contribution < 1.29 is 4.74 Å².